The van der Waals surface area contributed by atoms with Gasteiger partial charge in [-0.25, -0.2) is 14.6 Å². The predicted molar refractivity (Wildman–Crippen MR) is 102 cm³/mol. The van der Waals surface area contributed by atoms with Crippen molar-refractivity contribution < 1.29 is 4.79 Å². The third kappa shape index (κ3) is 2.70. The zero-order valence-electron chi connectivity index (χ0n) is 14.6. The van der Waals surface area contributed by atoms with Crippen LogP contribution in [0.4, 0.5) is 5.95 Å². The molecule has 1 aromatic carbocycles. The maximum absolute atomic E-state index is 12.6. The van der Waals surface area contributed by atoms with E-state index in [2.05, 4.69) is 20.4 Å². The van der Waals surface area contributed by atoms with Crippen molar-refractivity contribution in [2.24, 2.45) is 7.05 Å². The van der Waals surface area contributed by atoms with Gasteiger partial charge >= 0.3 is 0 Å². The average Bonchev–Trinajstić information content (AvgIpc) is 3.16. The molecule has 1 N–H and O–H groups in total. The number of nitrogens with zero attached hydrogens (tertiary/aromatic N) is 5. The molecule has 0 aliphatic carbocycles. The van der Waals surface area contributed by atoms with Crippen molar-refractivity contribution in [3.63, 3.8) is 0 Å². The lowest BCUT2D eigenvalue weighted by molar-refractivity contribution is 0.102. The molecular weight excluding hydrogens is 352 g/mol. The molecule has 0 saturated carbocycles. The Hall–Kier alpha value is -2.93. The fourth-order valence-corrected chi connectivity index (χ4v) is 3.07. The van der Waals surface area contributed by atoms with Crippen molar-refractivity contribution in [1.29, 1.82) is 0 Å². The molecule has 0 saturated heterocycles. The van der Waals surface area contributed by atoms with Gasteiger partial charge in [-0.3, -0.25) is 10.1 Å². The first kappa shape index (κ1) is 16.5. The van der Waals surface area contributed by atoms with Crippen molar-refractivity contribution >= 4 is 45.5 Å². The number of hydrogen-bond donors (Lipinski definition) is 1. The molecule has 0 atom stereocenters. The molecule has 7 nitrogen and oxygen atoms in total. The number of fused-ring (bicyclic) bond motifs is 2. The first-order valence-electron chi connectivity index (χ1n) is 8.20. The van der Waals surface area contributed by atoms with Gasteiger partial charge in [0.05, 0.1) is 22.8 Å². The molecule has 3 heterocycles. The second-order valence-corrected chi connectivity index (χ2v) is 6.84. The Bertz CT molecular complexity index is 1140. The number of nitrogens with one attached hydrogen (secondary N) is 1. The maximum Gasteiger partial charge on any atom is 0.259 e. The van der Waals surface area contributed by atoms with Gasteiger partial charge < -0.3 is 4.57 Å². The third-order valence-electron chi connectivity index (χ3n) is 4.25. The molecule has 0 bridgehead atoms. The number of carbonyl (C=O) groups excluding carboxylic acids is 1. The van der Waals surface area contributed by atoms with Crippen LogP contribution in [-0.2, 0) is 7.05 Å². The molecule has 0 fully saturated rings. The Morgan fingerprint density at radius 3 is 2.81 bits per heavy atom. The Labute approximate surface area is 154 Å². The second kappa shape index (κ2) is 6.10. The molecule has 4 rings (SSSR count). The summed E-state index contributed by atoms with van der Waals surface area (Å²) in [5.74, 6) is 0.173. The van der Waals surface area contributed by atoms with E-state index >= 15 is 0 Å². The number of pyridine rings is 1. The van der Waals surface area contributed by atoms with Crippen LogP contribution in [-0.4, -0.2) is 30.2 Å². The highest BCUT2D eigenvalue weighted by atomic mass is 35.5. The molecule has 3 aromatic heterocycles. The summed E-state index contributed by atoms with van der Waals surface area (Å²) in [6.45, 7) is 4.07. The smallest absolute Gasteiger partial charge is 0.259 e. The fraction of sp³-hybridized carbons (Fsp3) is 0.222. The van der Waals surface area contributed by atoms with Gasteiger partial charge in [0.1, 0.15) is 0 Å². The fourth-order valence-electron chi connectivity index (χ4n) is 2.90. The van der Waals surface area contributed by atoms with Gasteiger partial charge in [-0.2, -0.15) is 5.10 Å². The molecule has 4 aromatic rings. The van der Waals surface area contributed by atoms with Crippen molar-refractivity contribution in [2.75, 3.05) is 5.32 Å². The minimum Gasteiger partial charge on any atom is -0.313 e. The summed E-state index contributed by atoms with van der Waals surface area (Å²) in [6.07, 6.45) is 3.27. The number of carbonyl (C=O) groups is 1. The van der Waals surface area contributed by atoms with Gasteiger partial charge in [0.2, 0.25) is 5.95 Å². The molecule has 0 spiro atoms. The highest BCUT2D eigenvalue weighted by Gasteiger charge is 2.15. The van der Waals surface area contributed by atoms with Crippen molar-refractivity contribution in [1.82, 2.24) is 24.3 Å². The van der Waals surface area contributed by atoms with E-state index in [1.54, 1.807) is 30.6 Å². The Kier molecular flexibility index (Phi) is 3.88. The monoisotopic (exact) mass is 368 g/mol. The van der Waals surface area contributed by atoms with Crippen LogP contribution < -0.4 is 5.32 Å². The maximum atomic E-state index is 12.6. The number of anilines is 1. The predicted octanol–water partition coefficient (Wildman–Crippen LogP) is 3.80. The van der Waals surface area contributed by atoms with Crippen LogP contribution in [0.3, 0.4) is 0 Å². The van der Waals surface area contributed by atoms with Crippen molar-refractivity contribution in [3.8, 4) is 0 Å². The lowest BCUT2D eigenvalue weighted by Gasteiger charge is -2.07. The van der Waals surface area contributed by atoms with Crippen molar-refractivity contribution in [3.05, 3.63) is 47.2 Å². The summed E-state index contributed by atoms with van der Waals surface area (Å²) < 4.78 is 3.64. The van der Waals surface area contributed by atoms with Crippen LogP contribution in [0.1, 0.15) is 30.2 Å². The molecule has 0 aliphatic heterocycles. The molecule has 26 heavy (non-hydrogen) atoms. The minimum atomic E-state index is -0.277. The number of aromatic nitrogens is 5. The molecule has 0 radical (unpaired) electrons. The number of imidazole rings is 1. The van der Waals surface area contributed by atoms with E-state index in [4.69, 9.17) is 11.6 Å². The first-order chi connectivity index (χ1) is 12.4. The number of hydrogen-bond acceptors (Lipinski definition) is 4. The van der Waals surface area contributed by atoms with Crippen LogP contribution in [0.2, 0.25) is 5.02 Å². The van der Waals surface area contributed by atoms with Crippen LogP contribution in [0, 0.1) is 0 Å². The van der Waals surface area contributed by atoms with Crippen LogP contribution in [0.15, 0.2) is 36.7 Å². The summed E-state index contributed by atoms with van der Waals surface area (Å²) in [7, 11) is 1.84. The second-order valence-electron chi connectivity index (χ2n) is 6.40. The Balaban J connectivity index is 1.66. The number of benzene rings is 1. The average molecular weight is 369 g/mol. The Morgan fingerprint density at radius 1 is 1.23 bits per heavy atom. The van der Waals surface area contributed by atoms with Crippen LogP contribution in [0.25, 0.3) is 22.1 Å². The van der Waals surface area contributed by atoms with Gasteiger partial charge in [-0.05, 0) is 38.1 Å². The minimum absolute atomic E-state index is 0.200. The van der Waals surface area contributed by atoms with E-state index in [0.717, 1.165) is 22.1 Å². The van der Waals surface area contributed by atoms with E-state index < -0.39 is 0 Å². The number of rotatable bonds is 3. The highest BCUT2D eigenvalue weighted by molar-refractivity contribution is 6.31. The molecule has 8 heteroatoms. The summed E-state index contributed by atoms with van der Waals surface area (Å²) >= 11 is 6.01. The van der Waals surface area contributed by atoms with E-state index in [9.17, 15) is 4.79 Å². The zero-order valence-corrected chi connectivity index (χ0v) is 15.3. The van der Waals surface area contributed by atoms with E-state index in [1.807, 2.05) is 36.2 Å². The first-order valence-corrected chi connectivity index (χ1v) is 8.58. The summed E-state index contributed by atoms with van der Waals surface area (Å²) in [6, 6.07) is 7.41. The van der Waals surface area contributed by atoms with E-state index in [1.165, 1.54) is 0 Å². The molecule has 132 valence electrons. The molecule has 1 amide bonds. The topological polar surface area (TPSA) is 77.6 Å². The van der Waals surface area contributed by atoms with Gasteiger partial charge in [0.15, 0.2) is 5.65 Å². The number of halogens is 1. The Morgan fingerprint density at radius 2 is 2.04 bits per heavy atom. The molecule has 0 aliphatic rings. The van der Waals surface area contributed by atoms with Crippen LogP contribution in [0.5, 0.6) is 0 Å². The van der Waals surface area contributed by atoms with Gasteiger partial charge in [-0.1, -0.05) is 11.6 Å². The van der Waals surface area contributed by atoms with Crippen molar-refractivity contribution in [2.45, 2.75) is 19.9 Å². The molecular formula is C18H17ClN6O. The van der Waals surface area contributed by atoms with E-state index in [0.29, 0.717) is 16.5 Å². The summed E-state index contributed by atoms with van der Waals surface area (Å²) in [5, 5.41) is 8.58. The van der Waals surface area contributed by atoms with Gasteiger partial charge in [-0.15, -0.1) is 0 Å². The normalized spacial score (nSPS) is 11.6. The largest absolute Gasteiger partial charge is 0.313 e. The lowest BCUT2D eigenvalue weighted by atomic mass is 10.2. The van der Waals surface area contributed by atoms with E-state index in [-0.39, 0.29) is 11.9 Å². The van der Waals surface area contributed by atoms with Gasteiger partial charge in [0, 0.05) is 29.7 Å². The number of amides is 1. The summed E-state index contributed by atoms with van der Waals surface area (Å²) in [4.78, 5) is 21.5. The number of aryl methyl sites for hydroxylation is 1. The SMILES string of the molecule is CC(C)n1ncc2cc(C(=O)Nc3nc4cc(Cl)ccc4n3C)cnc21. The van der Waals surface area contributed by atoms with Gasteiger partial charge in [0.25, 0.3) is 5.91 Å². The quantitative estimate of drug-likeness (QED) is 0.596. The summed E-state index contributed by atoms with van der Waals surface area (Å²) in [5.41, 5.74) is 2.82. The zero-order chi connectivity index (χ0) is 18.4. The van der Waals surface area contributed by atoms with Crippen LogP contribution >= 0.6 is 11.6 Å². The standard InChI is InChI=1S/C18H17ClN6O/c1-10(2)25-16-11(9-21-25)6-12(8-20-16)17(26)23-18-22-14-7-13(19)4-5-15(14)24(18)3/h4-10H,1-3H3,(H,22,23,26). The lowest BCUT2D eigenvalue weighted by Crippen LogP contribution is -2.15. The third-order valence-corrected chi connectivity index (χ3v) is 4.49. The molecule has 0 unspecified atom stereocenters. The highest BCUT2D eigenvalue weighted by Crippen LogP contribution is 2.23.